The highest BCUT2D eigenvalue weighted by atomic mass is 32.1. The molecule has 0 spiro atoms. The summed E-state index contributed by atoms with van der Waals surface area (Å²) in [6, 6.07) is 1.83. The van der Waals surface area contributed by atoms with Crippen molar-refractivity contribution in [2.75, 3.05) is 13.1 Å². The van der Waals surface area contributed by atoms with E-state index in [4.69, 9.17) is 5.73 Å². The molecule has 1 fully saturated rings. The number of thiophene rings is 1. The standard InChI is InChI=1S/C15H20N2OS/c1-15(6-2-3-7-15)11-17-14(18)12-9-13(19-10-12)5-4-8-16/h9-10H,2-3,6-8,11,16H2,1H3,(H,17,18). The number of rotatable bonds is 3. The van der Waals surface area contributed by atoms with Gasteiger partial charge < -0.3 is 11.1 Å². The predicted octanol–water partition coefficient (Wildman–Crippen LogP) is 2.37. The van der Waals surface area contributed by atoms with Gasteiger partial charge in [0.15, 0.2) is 0 Å². The second-order valence-corrected chi connectivity index (χ2v) is 6.32. The quantitative estimate of drug-likeness (QED) is 0.833. The summed E-state index contributed by atoms with van der Waals surface area (Å²) in [5.41, 5.74) is 6.31. The molecule has 1 heterocycles. The molecular formula is C15H20N2OS. The van der Waals surface area contributed by atoms with Gasteiger partial charge in [0, 0.05) is 11.9 Å². The van der Waals surface area contributed by atoms with Crippen LogP contribution in [0.4, 0.5) is 0 Å². The highest BCUT2D eigenvalue weighted by Gasteiger charge is 2.28. The van der Waals surface area contributed by atoms with Gasteiger partial charge in [-0.3, -0.25) is 4.79 Å². The Morgan fingerprint density at radius 2 is 2.26 bits per heavy atom. The van der Waals surface area contributed by atoms with Crippen molar-refractivity contribution in [3.8, 4) is 11.8 Å². The summed E-state index contributed by atoms with van der Waals surface area (Å²) in [5.74, 6) is 5.75. The van der Waals surface area contributed by atoms with E-state index >= 15 is 0 Å². The molecule has 0 radical (unpaired) electrons. The van der Waals surface area contributed by atoms with Crippen LogP contribution in [0.2, 0.25) is 0 Å². The first kappa shape index (κ1) is 14.1. The summed E-state index contributed by atoms with van der Waals surface area (Å²) in [6.45, 7) is 3.37. The summed E-state index contributed by atoms with van der Waals surface area (Å²) in [4.78, 5) is 12.9. The molecule has 1 aliphatic carbocycles. The molecule has 102 valence electrons. The van der Waals surface area contributed by atoms with Crippen LogP contribution in [-0.2, 0) is 0 Å². The fraction of sp³-hybridized carbons (Fsp3) is 0.533. The molecule has 0 unspecified atom stereocenters. The minimum Gasteiger partial charge on any atom is -0.351 e. The Labute approximate surface area is 118 Å². The number of carbonyl (C=O) groups is 1. The average Bonchev–Trinajstić information content (AvgIpc) is 3.03. The molecule has 0 aliphatic heterocycles. The zero-order chi connectivity index (χ0) is 13.7. The summed E-state index contributed by atoms with van der Waals surface area (Å²) >= 11 is 1.49. The van der Waals surface area contributed by atoms with Gasteiger partial charge in [0.1, 0.15) is 0 Å². The lowest BCUT2D eigenvalue weighted by Crippen LogP contribution is -2.33. The molecule has 1 saturated carbocycles. The Morgan fingerprint density at radius 1 is 1.53 bits per heavy atom. The maximum atomic E-state index is 12.1. The molecule has 1 aromatic rings. The number of hydrogen-bond donors (Lipinski definition) is 2. The van der Waals surface area contributed by atoms with Gasteiger partial charge in [-0.1, -0.05) is 31.6 Å². The van der Waals surface area contributed by atoms with Gasteiger partial charge in [-0.05, 0) is 24.3 Å². The highest BCUT2D eigenvalue weighted by molar-refractivity contribution is 7.10. The summed E-state index contributed by atoms with van der Waals surface area (Å²) in [5, 5.41) is 4.90. The molecular weight excluding hydrogens is 256 g/mol. The Morgan fingerprint density at radius 3 is 2.95 bits per heavy atom. The van der Waals surface area contributed by atoms with Gasteiger partial charge in [0.25, 0.3) is 5.91 Å². The lowest BCUT2D eigenvalue weighted by molar-refractivity contribution is 0.0934. The van der Waals surface area contributed by atoms with Crippen LogP contribution < -0.4 is 11.1 Å². The molecule has 0 bridgehead atoms. The topological polar surface area (TPSA) is 55.1 Å². The van der Waals surface area contributed by atoms with Crippen LogP contribution in [0.3, 0.4) is 0 Å². The third kappa shape index (κ3) is 3.82. The van der Waals surface area contributed by atoms with Crippen molar-refractivity contribution in [1.29, 1.82) is 0 Å². The molecule has 3 N–H and O–H groups in total. The molecule has 0 aromatic carbocycles. The third-order valence-electron chi connectivity index (χ3n) is 3.66. The number of hydrogen-bond acceptors (Lipinski definition) is 3. The number of nitrogens with two attached hydrogens (primary N) is 1. The van der Waals surface area contributed by atoms with Crippen molar-refractivity contribution in [1.82, 2.24) is 5.32 Å². The first-order valence-corrected chi connectivity index (χ1v) is 7.57. The van der Waals surface area contributed by atoms with Crippen LogP contribution in [0.25, 0.3) is 0 Å². The fourth-order valence-electron chi connectivity index (χ4n) is 2.46. The van der Waals surface area contributed by atoms with Crippen LogP contribution >= 0.6 is 11.3 Å². The summed E-state index contributed by atoms with van der Waals surface area (Å²) in [6.07, 6.45) is 4.99. The van der Waals surface area contributed by atoms with E-state index in [1.54, 1.807) is 0 Å². The minimum atomic E-state index is 0.00479. The fourth-order valence-corrected chi connectivity index (χ4v) is 3.22. The van der Waals surface area contributed by atoms with Gasteiger partial charge in [-0.15, -0.1) is 11.3 Å². The van der Waals surface area contributed by atoms with Crippen LogP contribution in [0, 0.1) is 17.3 Å². The lowest BCUT2D eigenvalue weighted by Gasteiger charge is -2.23. The van der Waals surface area contributed by atoms with Crippen molar-refractivity contribution in [3.05, 3.63) is 21.9 Å². The SMILES string of the molecule is CC1(CNC(=O)c2csc(C#CCN)c2)CCCC1. The van der Waals surface area contributed by atoms with E-state index in [-0.39, 0.29) is 11.3 Å². The van der Waals surface area contributed by atoms with Crippen molar-refractivity contribution in [2.24, 2.45) is 11.1 Å². The Bertz CT molecular complexity index is 504. The molecule has 4 heteroatoms. The van der Waals surface area contributed by atoms with E-state index in [1.807, 2.05) is 11.4 Å². The smallest absolute Gasteiger partial charge is 0.252 e. The van der Waals surface area contributed by atoms with Gasteiger partial charge >= 0.3 is 0 Å². The minimum absolute atomic E-state index is 0.00479. The molecule has 19 heavy (non-hydrogen) atoms. The third-order valence-corrected chi connectivity index (χ3v) is 4.51. The molecule has 1 aliphatic rings. The van der Waals surface area contributed by atoms with E-state index in [0.717, 1.165) is 11.4 Å². The average molecular weight is 276 g/mol. The monoisotopic (exact) mass is 276 g/mol. The first-order valence-electron chi connectivity index (χ1n) is 6.69. The van der Waals surface area contributed by atoms with Gasteiger partial charge in [0.05, 0.1) is 17.0 Å². The van der Waals surface area contributed by atoms with E-state index in [0.29, 0.717) is 12.1 Å². The molecule has 3 nitrogen and oxygen atoms in total. The molecule has 0 saturated heterocycles. The zero-order valence-electron chi connectivity index (χ0n) is 11.3. The van der Waals surface area contributed by atoms with Crippen molar-refractivity contribution in [2.45, 2.75) is 32.6 Å². The molecule has 2 rings (SSSR count). The Kier molecular flexibility index (Phi) is 4.62. The van der Waals surface area contributed by atoms with Crippen LogP contribution in [0.1, 0.15) is 47.8 Å². The molecule has 1 aromatic heterocycles. The largest absolute Gasteiger partial charge is 0.351 e. The van der Waals surface area contributed by atoms with E-state index in [9.17, 15) is 4.79 Å². The maximum Gasteiger partial charge on any atom is 0.252 e. The Hall–Kier alpha value is -1.31. The van der Waals surface area contributed by atoms with E-state index < -0.39 is 0 Å². The number of carbonyl (C=O) groups excluding carboxylic acids is 1. The number of amides is 1. The second-order valence-electron chi connectivity index (χ2n) is 5.41. The van der Waals surface area contributed by atoms with Gasteiger partial charge in [-0.2, -0.15) is 0 Å². The normalized spacial score (nSPS) is 16.7. The van der Waals surface area contributed by atoms with Crippen molar-refractivity contribution >= 4 is 17.2 Å². The van der Waals surface area contributed by atoms with Gasteiger partial charge in [-0.25, -0.2) is 0 Å². The maximum absolute atomic E-state index is 12.1. The predicted molar refractivity (Wildman–Crippen MR) is 79.2 cm³/mol. The molecule has 0 atom stereocenters. The Balaban J connectivity index is 1.91. The summed E-state index contributed by atoms with van der Waals surface area (Å²) < 4.78 is 0. The summed E-state index contributed by atoms with van der Waals surface area (Å²) in [7, 11) is 0. The highest BCUT2D eigenvalue weighted by Crippen LogP contribution is 2.36. The van der Waals surface area contributed by atoms with E-state index in [2.05, 4.69) is 24.1 Å². The van der Waals surface area contributed by atoms with E-state index in [1.165, 1.54) is 37.0 Å². The second kappa shape index (κ2) is 6.23. The number of nitrogens with one attached hydrogen (secondary N) is 1. The van der Waals surface area contributed by atoms with Gasteiger partial charge in [0.2, 0.25) is 0 Å². The first-order chi connectivity index (χ1) is 9.13. The molecule has 1 amide bonds. The van der Waals surface area contributed by atoms with Crippen molar-refractivity contribution in [3.63, 3.8) is 0 Å². The van der Waals surface area contributed by atoms with Crippen LogP contribution in [0.5, 0.6) is 0 Å². The zero-order valence-corrected chi connectivity index (χ0v) is 12.1. The van der Waals surface area contributed by atoms with Crippen molar-refractivity contribution < 1.29 is 4.79 Å². The lowest BCUT2D eigenvalue weighted by atomic mass is 9.89. The van der Waals surface area contributed by atoms with Crippen LogP contribution in [-0.4, -0.2) is 19.0 Å². The van der Waals surface area contributed by atoms with Crippen LogP contribution in [0.15, 0.2) is 11.4 Å².